The van der Waals surface area contributed by atoms with Crippen molar-refractivity contribution < 1.29 is 42.1 Å². The summed E-state index contributed by atoms with van der Waals surface area (Å²) in [6.07, 6.45) is -2.61. The summed E-state index contributed by atoms with van der Waals surface area (Å²) in [4.78, 5) is 30.9. The largest absolute Gasteiger partial charge is 0.497 e. The number of nitrogens with zero attached hydrogens (tertiary/aromatic N) is 2. The highest BCUT2D eigenvalue weighted by atomic mass is 19.4. The molecule has 278 valence electrons. The van der Waals surface area contributed by atoms with E-state index in [1.165, 1.54) is 12.1 Å². The quantitative estimate of drug-likeness (QED) is 0.214. The predicted molar refractivity (Wildman–Crippen MR) is 190 cm³/mol. The van der Waals surface area contributed by atoms with E-state index in [1.807, 2.05) is 25.8 Å². The van der Waals surface area contributed by atoms with Gasteiger partial charge < -0.3 is 34.9 Å². The monoisotopic (exact) mass is 714 g/mol. The van der Waals surface area contributed by atoms with Crippen LogP contribution < -0.4 is 20.1 Å². The Morgan fingerprint density at radius 3 is 2.35 bits per heavy atom. The van der Waals surface area contributed by atoms with Gasteiger partial charge in [0.05, 0.1) is 43.1 Å². The van der Waals surface area contributed by atoms with Crippen molar-refractivity contribution in [2.45, 2.75) is 71.0 Å². The topological polar surface area (TPSA) is 113 Å². The van der Waals surface area contributed by atoms with E-state index in [-0.39, 0.29) is 42.7 Å². The Labute approximate surface area is 297 Å². The number of aliphatic hydroxyl groups is 1. The van der Waals surface area contributed by atoms with E-state index >= 15 is 0 Å². The van der Waals surface area contributed by atoms with Gasteiger partial charge in [0, 0.05) is 43.5 Å². The molecule has 4 rings (SSSR count). The van der Waals surface area contributed by atoms with Crippen molar-refractivity contribution >= 4 is 23.3 Å². The molecule has 4 atom stereocenters. The fourth-order valence-corrected chi connectivity index (χ4v) is 5.91. The highest BCUT2D eigenvalue weighted by Crippen LogP contribution is 2.30. The number of anilines is 2. The average molecular weight is 715 g/mol. The Hall–Kier alpha value is -4.33. The van der Waals surface area contributed by atoms with Gasteiger partial charge in [0.25, 0.3) is 5.91 Å². The van der Waals surface area contributed by atoms with Crippen molar-refractivity contribution in [2.24, 2.45) is 5.92 Å². The van der Waals surface area contributed by atoms with E-state index < -0.39 is 23.8 Å². The lowest BCUT2D eigenvalue weighted by molar-refractivity contribution is -0.137. The fourth-order valence-electron chi connectivity index (χ4n) is 5.91. The molecule has 1 heterocycles. The molecule has 0 aromatic heterocycles. The lowest BCUT2D eigenvalue weighted by Gasteiger charge is -2.36. The molecule has 0 saturated carbocycles. The number of nitrogens with one attached hydrogen (secondary N) is 2. The van der Waals surface area contributed by atoms with E-state index in [0.29, 0.717) is 49.0 Å². The molecule has 1 aliphatic heterocycles. The number of hydrogen-bond donors (Lipinski definition) is 3. The van der Waals surface area contributed by atoms with Gasteiger partial charge in [-0.3, -0.25) is 9.69 Å². The normalized spacial score (nSPS) is 19.8. The van der Waals surface area contributed by atoms with E-state index in [4.69, 9.17) is 14.2 Å². The van der Waals surface area contributed by atoms with Crippen molar-refractivity contribution in [1.82, 2.24) is 9.80 Å². The second-order valence-corrected chi connectivity index (χ2v) is 13.2. The molecule has 0 unspecified atom stereocenters. The van der Waals surface area contributed by atoms with Crippen LogP contribution >= 0.6 is 0 Å². The van der Waals surface area contributed by atoms with Gasteiger partial charge in [-0.1, -0.05) is 19.1 Å². The van der Waals surface area contributed by atoms with Crippen molar-refractivity contribution in [2.75, 3.05) is 51.1 Å². The number of benzene rings is 3. The number of likely N-dealkylation sites (N-methyl/N-ethyl adjacent to an activating group) is 1. The van der Waals surface area contributed by atoms with Crippen LogP contribution in [0.15, 0.2) is 66.7 Å². The Kier molecular flexibility index (Phi) is 14.1. The van der Waals surface area contributed by atoms with Crippen LogP contribution in [0.2, 0.25) is 0 Å². The Morgan fingerprint density at radius 2 is 1.71 bits per heavy atom. The highest BCUT2D eigenvalue weighted by molar-refractivity contribution is 6.02. The number of fused-ring (bicyclic) bond motifs is 1. The molecule has 3 amide bonds. The maximum absolute atomic E-state index is 14.4. The summed E-state index contributed by atoms with van der Waals surface area (Å²) in [5.74, 6) is 0.455. The SMILES string of the molecule is COc1ccc(NC(=O)Nc2ccc3c(c2)C(=O)N([C@@H](C)CO)C[C@H](C)[C@H](CN(C)Cc2ccc(C(F)(F)F)cc2)OCCCC[C@@H](C)O3)cc1. The van der Waals surface area contributed by atoms with Crippen LogP contribution in [0.3, 0.4) is 0 Å². The molecule has 0 spiro atoms. The van der Waals surface area contributed by atoms with Gasteiger partial charge >= 0.3 is 12.2 Å². The number of amides is 3. The Balaban J connectivity index is 1.55. The van der Waals surface area contributed by atoms with Gasteiger partial charge in [0.15, 0.2) is 0 Å². The maximum atomic E-state index is 14.4. The first kappa shape index (κ1) is 39.5. The summed E-state index contributed by atoms with van der Waals surface area (Å²) in [5.41, 5.74) is 1.21. The maximum Gasteiger partial charge on any atom is 0.416 e. The molecular formula is C38H49F3N4O6. The van der Waals surface area contributed by atoms with Gasteiger partial charge in [0.2, 0.25) is 0 Å². The fraction of sp³-hybridized carbons (Fsp3) is 0.474. The minimum atomic E-state index is -4.40. The molecule has 0 aliphatic carbocycles. The number of hydrogen-bond acceptors (Lipinski definition) is 7. The predicted octanol–water partition coefficient (Wildman–Crippen LogP) is 7.29. The molecule has 0 saturated heterocycles. The summed E-state index contributed by atoms with van der Waals surface area (Å²) in [7, 11) is 3.44. The molecule has 1 aliphatic rings. The summed E-state index contributed by atoms with van der Waals surface area (Å²) in [6.45, 7) is 6.99. The molecule has 3 N–H and O–H groups in total. The number of aliphatic hydroxyl groups excluding tert-OH is 1. The van der Waals surface area contributed by atoms with Crippen LogP contribution in [0.5, 0.6) is 11.5 Å². The van der Waals surface area contributed by atoms with E-state index in [2.05, 4.69) is 10.6 Å². The number of alkyl halides is 3. The van der Waals surface area contributed by atoms with E-state index in [0.717, 1.165) is 30.5 Å². The van der Waals surface area contributed by atoms with Gasteiger partial charge in [0.1, 0.15) is 11.5 Å². The van der Waals surface area contributed by atoms with Crippen LogP contribution in [-0.2, 0) is 17.5 Å². The van der Waals surface area contributed by atoms with Crippen molar-refractivity contribution in [3.8, 4) is 11.5 Å². The Morgan fingerprint density at radius 1 is 1.04 bits per heavy atom. The number of carbonyl (C=O) groups excluding carboxylic acids is 2. The third-order valence-corrected chi connectivity index (χ3v) is 8.88. The zero-order chi connectivity index (χ0) is 37.1. The third kappa shape index (κ3) is 11.6. The van der Waals surface area contributed by atoms with Gasteiger partial charge in [-0.05, 0) is 100 Å². The first-order valence-electron chi connectivity index (χ1n) is 17.2. The number of carbonyl (C=O) groups is 2. The summed E-state index contributed by atoms with van der Waals surface area (Å²) in [5, 5.41) is 15.8. The summed E-state index contributed by atoms with van der Waals surface area (Å²) in [6, 6.07) is 15.9. The Bertz CT molecular complexity index is 1570. The number of ether oxygens (including phenoxy) is 3. The molecule has 3 aromatic carbocycles. The van der Waals surface area contributed by atoms with Gasteiger partial charge in [-0.15, -0.1) is 0 Å². The number of methoxy groups -OCH3 is 1. The number of halogens is 3. The summed E-state index contributed by atoms with van der Waals surface area (Å²) >= 11 is 0. The minimum Gasteiger partial charge on any atom is -0.497 e. The summed E-state index contributed by atoms with van der Waals surface area (Å²) < 4.78 is 57.1. The average Bonchev–Trinajstić information content (AvgIpc) is 3.09. The van der Waals surface area contributed by atoms with Crippen LogP contribution in [0, 0.1) is 5.92 Å². The van der Waals surface area contributed by atoms with Gasteiger partial charge in [-0.25, -0.2) is 4.79 Å². The first-order chi connectivity index (χ1) is 24.3. The molecule has 0 fully saturated rings. The molecular weight excluding hydrogens is 665 g/mol. The molecule has 10 nitrogen and oxygen atoms in total. The van der Waals surface area contributed by atoms with Crippen LogP contribution in [0.4, 0.5) is 29.3 Å². The number of urea groups is 1. The third-order valence-electron chi connectivity index (χ3n) is 8.88. The molecule has 3 aromatic rings. The van der Waals surface area contributed by atoms with Gasteiger partial charge in [-0.2, -0.15) is 13.2 Å². The highest BCUT2D eigenvalue weighted by Gasteiger charge is 2.32. The lowest BCUT2D eigenvalue weighted by atomic mass is 10.0. The lowest BCUT2D eigenvalue weighted by Crippen LogP contribution is -2.47. The molecule has 51 heavy (non-hydrogen) atoms. The van der Waals surface area contributed by atoms with Crippen molar-refractivity contribution in [3.63, 3.8) is 0 Å². The second kappa shape index (κ2) is 18.2. The van der Waals surface area contributed by atoms with Crippen LogP contribution in [-0.4, -0.2) is 85.6 Å². The van der Waals surface area contributed by atoms with E-state index in [1.54, 1.807) is 61.4 Å². The minimum absolute atomic E-state index is 0.194. The zero-order valence-electron chi connectivity index (χ0n) is 29.8. The second-order valence-electron chi connectivity index (χ2n) is 13.2. The number of rotatable bonds is 9. The molecule has 13 heteroatoms. The molecule has 0 bridgehead atoms. The van der Waals surface area contributed by atoms with Crippen LogP contribution in [0.1, 0.15) is 61.5 Å². The van der Waals surface area contributed by atoms with Crippen LogP contribution in [0.25, 0.3) is 0 Å². The van der Waals surface area contributed by atoms with E-state index in [9.17, 15) is 27.9 Å². The zero-order valence-corrected chi connectivity index (χ0v) is 29.8. The smallest absolute Gasteiger partial charge is 0.416 e. The first-order valence-corrected chi connectivity index (χ1v) is 17.2. The standard InChI is InChI=1S/C38H49F3N4O6/c1-25-21-45(26(2)24-46)36(47)33-20-31(43-37(48)42-30-13-16-32(49-5)17-14-30)15-18-34(33)51-27(3)8-6-7-19-50-35(25)23-44(4)22-28-9-11-29(12-10-28)38(39,40)41/h9-18,20,25-27,35,46H,6-8,19,21-24H2,1-5H3,(H2,42,43,48)/t25-,26-,27+,35-/m0/s1. The van der Waals surface area contributed by atoms with Crippen molar-refractivity contribution in [1.29, 1.82) is 0 Å². The molecule has 0 radical (unpaired) electrons. The van der Waals surface area contributed by atoms with Crippen molar-refractivity contribution in [3.05, 3.63) is 83.4 Å².